The summed E-state index contributed by atoms with van der Waals surface area (Å²) in [7, 11) is 0. The van der Waals surface area contributed by atoms with Crippen molar-refractivity contribution in [1.82, 2.24) is 0 Å². The lowest BCUT2D eigenvalue weighted by Crippen LogP contribution is -2.99. The van der Waals surface area contributed by atoms with Crippen LogP contribution in [0.4, 0.5) is 5.69 Å². The van der Waals surface area contributed by atoms with E-state index in [1.807, 2.05) is 44.2 Å². The maximum atomic E-state index is 11.1. The molecule has 2 rings (SSSR count). The maximum absolute atomic E-state index is 11.1. The lowest BCUT2D eigenvalue weighted by atomic mass is 10.2. The van der Waals surface area contributed by atoms with E-state index in [0.29, 0.717) is 11.5 Å². The van der Waals surface area contributed by atoms with Gasteiger partial charge in [-0.25, -0.2) is 5.21 Å². The minimum atomic E-state index is -0.985. The molecule has 0 fully saturated rings. The summed E-state index contributed by atoms with van der Waals surface area (Å²) < 4.78 is 5.60. The summed E-state index contributed by atoms with van der Waals surface area (Å²) in [6, 6.07) is 12.6. The van der Waals surface area contributed by atoms with E-state index < -0.39 is 5.23 Å². The molecule has 0 aliphatic rings. The van der Waals surface area contributed by atoms with Crippen molar-refractivity contribution in [2.45, 2.75) is 13.8 Å². The van der Waals surface area contributed by atoms with Crippen molar-refractivity contribution in [2.24, 2.45) is 0 Å². The molecule has 94 valence electrons. The predicted molar refractivity (Wildman–Crippen MR) is 68.2 cm³/mol. The van der Waals surface area contributed by atoms with Crippen molar-refractivity contribution >= 4 is 5.69 Å². The average molecular weight is 245 g/mol. The van der Waals surface area contributed by atoms with Gasteiger partial charge < -0.3 is 9.94 Å². The molecule has 0 amide bonds. The second kappa shape index (κ2) is 5.18. The van der Waals surface area contributed by atoms with Gasteiger partial charge in [0.15, 0.2) is 5.75 Å². The van der Waals surface area contributed by atoms with Crippen molar-refractivity contribution in [3.8, 4) is 11.5 Å². The van der Waals surface area contributed by atoms with E-state index in [0.717, 1.165) is 11.1 Å². The average Bonchev–Trinajstić information content (AvgIpc) is 2.34. The van der Waals surface area contributed by atoms with E-state index in [1.165, 1.54) is 0 Å². The second-order valence-corrected chi connectivity index (χ2v) is 4.22. The normalized spacial score (nSPS) is 12.2. The molecular weight excluding hydrogens is 230 g/mol. The first-order valence-corrected chi connectivity index (χ1v) is 5.65. The molecule has 0 saturated heterocycles. The van der Waals surface area contributed by atoms with Crippen LogP contribution in [0, 0.1) is 19.1 Å². The van der Waals surface area contributed by atoms with Gasteiger partial charge in [0.2, 0.25) is 5.69 Å². The van der Waals surface area contributed by atoms with Gasteiger partial charge in [-0.15, -0.1) is 0 Å². The SMILES string of the molecule is Cc1ccc(Oc2ccc(C)cc2[NH+]([O-])O)cc1. The summed E-state index contributed by atoms with van der Waals surface area (Å²) in [5.41, 5.74) is 2.20. The molecule has 2 N–H and O–H groups in total. The predicted octanol–water partition coefficient (Wildman–Crippen LogP) is 2.50. The zero-order valence-corrected chi connectivity index (χ0v) is 10.3. The molecule has 0 heterocycles. The summed E-state index contributed by atoms with van der Waals surface area (Å²) >= 11 is 0. The van der Waals surface area contributed by atoms with Crippen LogP contribution in [0.3, 0.4) is 0 Å². The van der Waals surface area contributed by atoms with Crippen molar-refractivity contribution in [3.63, 3.8) is 0 Å². The Hall–Kier alpha value is -1.88. The number of ether oxygens (including phenoxy) is 1. The van der Waals surface area contributed by atoms with Crippen LogP contribution in [0.2, 0.25) is 0 Å². The fourth-order valence-electron chi connectivity index (χ4n) is 1.63. The molecule has 0 aromatic heterocycles. The maximum Gasteiger partial charge on any atom is 0.207 e. The number of benzene rings is 2. The van der Waals surface area contributed by atoms with Crippen LogP contribution >= 0.6 is 0 Å². The Morgan fingerprint density at radius 1 is 1.00 bits per heavy atom. The molecule has 0 saturated carbocycles. The Morgan fingerprint density at radius 3 is 2.22 bits per heavy atom. The molecule has 0 bridgehead atoms. The van der Waals surface area contributed by atoms with Gasteiger partial charge in [-0.3, -0.25) is 0 Å². The van der Waals surface area contributed by atoms with Crippen LogP contribution in [0.1, 0.15) is 11.1 Å². The molecular formula is C14H15NO3. The Labute approximate surface area is 106 Å². The van der Waals surface area contributed by atoms with E-state index in [1.54, 1.807) is 12.1 Å². The largest absolute Gasteiger partial charge is 0.595 e. The highest BCUT2D eigenvalue weighted by molar-refractivity contribution is 5.50. The Kier molecular flexibility index (Phi) is 3.62. The third-order valence-corrected chi connectivity index (χ3v) is 2.61. The van der Waals surface area contributed by atoms with E-state index in [-0.39, 0.29) is 5.69 Å². The Morgan fingerprint density at radius 2 is 1.61 bits per heavy atom. The molecule has 4 heteroatoms. The van der Waals surface area contributed by atoms with Crippen LogP contribution < -0.4 is 9.96 Å². The van der Waals surface area contributed by atoms with Gasteiger partial charge in [-0.1, -0.05) is 23.8 Å². The topological polar surface area (TPSA) is 57.0 Å². The minimum absolute atomic E-state index is 0.176. The van der Waals surface area contributed by atoms with Gasteiger partial charge in [0.05, 0.1) is 0 Å². The van der Waals surface area contributed by atoms with Crippen molar-refractivity contribution in [1.29, 1.82) is 0 Å². The van der Waals surface area contributed by atoms with Gasteiger partial charge in [0.25, 0.3) is 0 Å². The molecule has 0 aliphatic carbocycles. The summed E-state index contributed by atoms with van der Waals surface area (Å²) in [6.07, 6.45) is 0. The van der Waals surface area contributed by atoms with Crippen molar-refractivity contribution in [3.05, 3.63) is 58.8 Å². The third kappa shape index (κ3) is 2.87. The molecule has 1 unspecified atom stereocenters. The van der Waals surface area contributed by atoms with Crippen LogP contribution in [0.25, 0.3) is 0 Å². The molecule has 4 nitrogen and oxygen atoms in total. The summed E-state index contributed by atoms with van der Waals surface area (Å²) in [4.78, 5) is 0. The number of quaternary nitrogens is 1. The fraction of sp³-hybridized carbons (Fsp3) is 0.143. The summed E-state index contributed by atoms with van der Waals surface area (Å²) in [5, 5.41) is 19.3. The number of rotatable bonds is 3. The first-order valence-electron chi connectivity index (χ1n) is 5.65. The van der Waals surface area contributed by atoms with Gasteiger partial charge in [-0.2, -0.15) is 5.23 Å². The van der Waals surface area contributed by atoms with Crippen molar-refractivity contribution in [2.75, 3.05) is 0 Å². The zero-order chi connectivity index (χ0) is 13.1. The highest BCUT2D eigenvalue weighted by Crippen LogP contribution is 2.27. The number of hydrogen-bond acceptors (Lipinski definition) is 3. The van der Waals surface area contributed by atoms with E-state index in [9.17, 15) is 5.21 Å². The minimum Gasteiger partial charge on any atom is -0.595 e. The smallest absolute Gasteiger partial charge is 0.207 e. The van der Waals surface area contributed by atoms with Gasteiger partial charge in [0.1, 0.15) is 5.75 Å². The highest BCUT2D eigenvalue weighted by Gasteiger charge is 2.11. The van der Waals surface area contributed by atoms with Crippen LogP contribution in [-0.4, -0.2) is 5.21 Å². The number of nitrogens with one attached hydrogen (secondary N) is 1. The van der Waals surface area contributed by atoms with Gasteiger partial charge in [0, 0.05) is 6.07 Å². The molecule has 18 heavy (non-hydrogen) atoms. The molecule has 0 aliphatic heterocycles. The Balaban J connectivity index is 2.31. The highest BCUT2D eigenvalue weighted by atomic mass is 16.8. The van der Waals surface area contributed by atoms with E-state index in [2.05, 4.69) is 0 Å². The zero-order valence-electron chi connectivity index (χ0n) is 10.3. The Bertz CT molecular complexity index is 535. The monoisotopic (exact) mass is 245 g/mol. The number of aryl methyl sites for hydroxylation is 2. The van der Waals surface area contributed by atoms with E-state index >= 15 is 0 Å². The molecule has 1 atom stereocenters. The molecule has 2 aromatic carbocycles. The standard InChI is InChI=1S/C14H15NO3/c1-10-3-6-12(7-4-10)18-14-8-5-11(2)9-13(14)15(16)17/h3-9,15-16H,1-2H3. The lowest BCUT2D eigenvalue weighted by Gasteiger charge is -2.16. The second-order valence-electron chi connectivity index (χ2n) is 4.22. The van der Waals surface area contributed by atoms with Crippen LogP contribution in [-0.2, 0) is 0 Å². The van der Waals surface area contributed by atoms with Gasteiger partial charge >= 0.3 is 0 Å². The van der Waals surface area contributed by atoms with Crippen LogP contribution in [0.5, 0.6) is 11.5 Å². The summed E-state index contributed by atoms with van der Waals surface area (Å²) in [6.45, 7) is 3.83. The molecule has 0 radical (unpaired) electrons. The summed E-state index contributed by atoms with van der Waals surface area (Å²) in [5.74, 6) is 0.990. The van der Waals surface area contributed by atoms with Gasteiger partial charge in [-0.05, 0) is 37.6 Å². The molecule has 0 spiro atoms. The lowest BCUT2D eigenvalue weighted by molar-refractivity contribution is -0.991. The van der Waals surface area contributed by atoms with Crippen LogP contribution in [0.15, 0.2) is 42.5 Å². The van der Waals surface area contributed by atoms with E-state index in [4.69, 9.17) is 9.94 Å². The first kappa shape index (κ1) is 12.6. The van der Waals surface area contributed by atoms with Crippen molar-refractivity contribution < 1.29 is 15.2 Å². The quantitative estimate of drug-likeness (QED) is 0.817. The third-order valence-electron chi connectivity index (χ3n) is 2.61. The number of hydrogen-bond donors (Lipinski definition) is 2. The first-order chi connectivity index (χ1) is 8.56. The fourth-order valence-corrected chi connectivity index (χ4v) is 1.63. The molecule has 2 aromatic rings.